The van der Waals surface area contributed by atoms with Crippen LogP contribution >= 0.6 is 0 Å². The Morgan fingerprint density at radius 2 is 1.79 bits per heavy atom. The molecule has 1 heterocycles. The first kappa shape index (κ1) is 22.2. The number of hydrogen-bond donors (Lipinski definition) is 0. The van der Waals surface area contributed by atoms with Gasteiger partial charge in [0.25, 0.3) is 5.91 Å². The number of carbonyl (C=O) groups is 2. The average Bonchev–Trinajstić information content (AvgIpc) is 2.75. The third-order valence-corrected chi connectivity index (χ3v) is 5.51. The van der Waals surface area contributed by atoms with Crippen molar-refractivity contribution < 1.29 is 19.1 Å². The topological polar surface area (TPSA) is 59.1 Å². The number of carbonyl (C=O) groups excluding carboxylic acids is 2. The number of nitrogens with zero attached hydrogens (tertiary/aromatic N) is 2. The summed E-state index contributed by atoms with van der Waals surface area (Å²) in [4.78, 5) is 29.3. The third kappa shape index (κ3) is 6.23. The van der Waals surface area contributed by atoms with Gasteiger partial charge in [0.1, 0.15) is 5.75 Å². The minimum Gasteiger partial charge on any atom is -0.484 e. The van der Waals surface area contributed by atoms with Crippen LogP contribution in [0.2, 0.25) is 0 Å². The summed E-state index contributed by atoms with van der Waals surface area (Å²) in [6.07, 6.45) is 3.30. The van der Waals surface area contributed by atoms with E-state index in [1.807, 2.05) is 40.1 Å². The third-order valence-electron chi connectivity index (χ3n) is 5.51. The lowest BCUT2D eigenvalue weighted by Crippen LogP contribution is -2.49. The SMILES string of the molecule is CCC(CC)N(CCOC)C(=O)C1CCN(C(=O)COc2ccccc2)CC1. The number of hydrogen-bond acceptors (Lipinski definition) is 4. The minimum atomic E-state index is -0.0222. The van der Waals surface area contributed by atoms with Gasteiger partial charge in [-0.15, -0.1) is 0 Å². The van der Waals surface area contributed by atoms with E-state index in [-0.39, 0.29) is 30.4 Å². The smallest absolute Gasteiger partial charge is 0.260 e. The summed E-state index contributed by atoms with van der Waals surface area (Å²) in [5, 5.41) is 0. The Balaban J connectivity index is 1.85. The van der Waals surface area contributed by atoms with Gasteiger partial charge in [0.05, 0.1) is 6.61 Å². The van der Waals surface area contributed by atoms with Crippen LogP contribution in [0.5, 0.6) is 5.75 Å². The van der Waals surface area contributed by atoms with Gasteiger partial charge >= 0.3 is 0 Å². The van der Waals surface area contributed by atoms with E-state index in [1.165, 1.54) is 0 Å². The molecule has 28 heavy (non-hydrogen) atoms. The average molecular weight is 391 g/mol. The summed E-state index contributed by atoms with van der Waals surface area (Å²) in [6, 6.07) is 9.60. The molecule has 0 spiro atoms. The molecule has 0 atom stereocenters. The first-order chi connectivity index (χ1) is 13.6. The van der Waals surface area contributed by atoms with Crippen LogP contribution in [0.15, 0.2) is 30.3 Å². The van der Waals surface area contributed by atoms with E-state index < -0.39 is 0 Å². The second kappa shape index (κ2) is 11.7. The van der Waals surface area contributed by atoms with Crippen molar-refractivity contribution in [1.82, 2.24) is 9.80 Å². The molecule has 0 N–H and O–H groups in total. The molecule has 1 aromatic carbocycles. The first-order valence-corrected chi connectivity index (χ1v) is 10.4. The van der Waals surface area contributed by atoms with Crippen LogP contribution in [-0.2, 0) is 14.3 Å². The molecule has 1 aliphatic heterocycles. The number of para-hydroxylation sites is 1. The number of likely N-dealkylation sites (tertiary alicyclic amines) is 1. The Bertz CT molecular complexity index is 596. The second-order valence-corrected chi connectivity index (χ2v) is 7.25. The lowest BCUT2D eigenvalue weighted by atomic mass is 9.94. The van der Waals surface area contributed by atoms with Gasteiger partial charge in [-0.2, -0.15) is 0 Å². The highest BCUT2D eigenvalue weighted by atomic mass is 16.5. The molecule has 0 unspecified atom stereocenters. The van der Waals surface area contributed by atoms with Gasteiger partial charge in [-0.3, -0.25) is 9.59 Å². The van der Waals surface area contributed by atoms with Crippen LogP contribution in [0, 0.1) is 5.92 Å². The molecular weight excluding hydrogens is 356 g/mol. The number of methoxy groups -OCH3 is 1. The van der Waals surface area contributed by atoms with E-state index in [0.29, 0.717) is 44.8 Å². The molecule has 0 aliphatic carbocycles. The van der Waals surface area contributed by atoms with Crippen LogP contribution in [0.4, 0.5) is 0 Å². The lowest BCUT2D eigenvalue weighted by Gasteiger charge is -2.37. The Morgan fingerprint density at radius 3 is 2.36 bits per heavy atom. The largest absolute Gasteiger partial charge is 0.484 e. The Kier molecular flexibility index (Phi) is 9.28. The van der Waals surface area contributed by atoms with Crippen molar-refractivity contribution in [3.8, 4) is 5.75 Å². The maximum atomic E-state index is 13.1. The molecule has 6 heteroatoms. The van der Waals surface area contributed by atoms with Gasteiger partial charge in [0.15, 0.2) is 6.61 Å². The molecule has 156 valence electrons. The van der Waals surface area contributed by atoms with Crippen molar-refractivity contribution >= 4 is 11.8 Å². The number of ether oxygens (including phenoxy) is 2. The maximum Gasteiger partial charge on any atom is 0.260 e. The Labute approximate surface area is 168 Å². The van der Waals surface area contributed by atoms with Gasteiger partial charge in [-0.05, 0) is 37.8 Å². The highest BCUT2D eigenvalue weighted by Gasteiger charge is 2.32. The molecule has 1 aliphatic rings. The molecule has 0 radical (unpaired) electrons. The summed E-state index contributed by atoms with van der Waals surface area (Å²) >= 11 is 0. The predicted molar refractivity (Wildman–Crippen MR) is 109 cm³/mol. The number of rotatable bonds is 10. The van der Waals surface area contributed by atoms with Crippen LogP contribution in [-0.4, -0.2) is 67.6 Å². The molecule has 6 nitrogen and oxygen atoms in total. The fourth-order valence-corrected chi connectivity index (χ4v) is 3.76. The zero-order valence-electron chi connectivity index (χ0n) is 17.4. The number of piperidine rings is 1. The molecule has 1 aromatic rings. The van der Waals surface area contributed by atoms with E-state index in [9.17, 15) is 9.59 Å². The molecule has 2 rings (SSSR count). The Morgan fingerprint density at radius 1 is 1.14 bits per heavy atom. The predicted octanol–water partition coefficient (Wildman–Crippen LogP) is 2.97. The van der Waals surface area contributed by atoms with E-state index in [0.717, 1.165) is 12.8 Å². The highest BCUT2D eigenvalue weighted by molar-refractivity contribution is 5.81. The standard InChI is InChI=1S/C22H34N2O4/c1-4-19(5-2)24(15-16-27-3)22(26)18-11-13-23(14-12-18)21(25)17-28-20-9-7-6-8-10-20/h6-10,18-19H,4-5,11-17H2,1-3H3. The molecule has 0 saturated carbocycles. The van der Waals surface area contributed by atoms with Crippen LogP contribution in [0.3, 0.4) is 0 Å². The van der Waals surface area contributed by atoms with E-state index in [1.54, 1.807) is 7.11 Å². The minimum absolute atomic E-state index is 0.0171. The van der Waals surface area contributed by atoms with Crippen LogP contribution in [0.25, 0.3) is 0 Å². The van der Waals surface area contributed by atoms with Crippen molar-refractivity contribution in [3.05, 3.63) is 30.3 Å². The van der Waals surface area contributed by atoms with E-state index >= 15 is 0 Å². The zero-order chi connectivity index (χ0) is 20.4. The summed E-state index contributed by atoms with van der Waals surface area (Å²) in [7, 11) is 1.66. The molecule has 2 amide bonds. The Hall–Kier alpha value is -2.08. The van der Waals surface area contributed by atoms with E-state index in [2.05, 4.69) is 13.8 Å². The molecule has 0 aromatic heterocycles. The van der Waals surface area contributed by atoms with Gasteiger partial charge in [0.2, 0.25) is 5.91 Å². The van der Waals surface area contributed by atoms with E-state index in [4.69, 9.17) is 9.47 Å². The van der Waals surface area contributed by atoms with Crippen LogP contribution in [0.1, 0.15) is 39.5 Å². The monoisotopic (exact) mass is 390 g/mol. The summed E-state index contributed by atoms with van der Waals surface area (Å²) < 4.78 is 10.8. The van der Waals surface area contributed by atoms with Gasteiger partial charge in [-0.1, -0.05) is 32.0 Å². The normalized spacial score (nSPS) is 14.9. The maximum absolute atomic E-state index is 13.1. The summed E-state index contributed by atoms with van der Waals surface area (Å²) in [5.74, 6) is 0.862. The second-order valence-electron chi connectivity index (χ2n) is 7.25. The zero-order valence-corrected chi connectivity index (χ0v) is 17.4. The fraction of sp³-hybridized carbons (Fsp3) is 0.636. The summed E-state index contributed by atoms with van der Waals surface area (Å²) in [6.45, 7) is 6.67. The fourth-order valence-electron chi connectivity index (χ4n) is 3.76. The van der Waals surface area contributed by atoms with Gasteiger partial charge in [-0.25, -0.2) is 0 Å². The highest BCUT2D eigenvalue weighted by Crippen LogP contribution is 2.22. The molecular formula is C22H34N2O4. The van der Waals surface area contributed by atoms with Gasteiger partial charge in [0, 0.05) is 38.7 Å². The lowest BCUT2D eigenvalue weighted by molar-refractivity contribution is -0.143. The van der Waals surface area contributed by atoms with Crippen molar-refractivity contribution in [2.45, 2.75) is 45.6 Å². The van der Waals surface area contributed by atoms with Crippen LogP contribution < -0.4 is 4.74 Å². The van der Waals surface area contributed by atoms with Crippen molar-refractivity contribution in [3.63, 3.8) is 0 Å². The first-order valence-electron chi connectivity index (χ1n) is 10.4. The van der Waals surface area contributed by atoms with Crippen molar-refractivity contribution in [2.75, 3.05) is 40.0 Å². The van der Waals surface area contributed by atoms with Crippen molar-refractivity contribution in [1.29, 1.82) is 0 Å². The van der Waals surface area contributed by atoms with Gasteiger partial charge < -0.3 is 19.3 Å². The van der Waals surface area contributed by atoms with Crippen molar-refractivity contribution in [2.24, 2.45) is 5.92 Å². The molecule has 0 bridgehead atoms. The number of benzene rings is 1. The quantitative estimate of drug-likeness (QED) is 0.616. The molecule has 1 saturated heterocycles. The number of amides is 2. The summed E-state index contributed by atoms with van der Waals surface area (Å²) in [5.41, 5.74) is 0. The molecule has 1 fully saturated rings.